The molecule has 2 nitrogen and oxygen atoms in total. The summed E-state index contributed by atoms with van der Waals surface area (Å²) in [5, 5.41) is 0. The highest BCUT2D eigenvalue weighted by Gasteiger charge is 2.26. The molecule has 12 heavy (non-hydrogen) atoms. The third kappa shape index (κ3) is 1.27. The van der Waals surface area contributed by atoms with Crippen molar-refractivity contribution >= 4 is 0 Å². The molecule has 0 radical (unpaired) electrons. The molecule has 1 unspecified atom stereocenters. The summed E-state index contributed by atoms with van der Waals surface area (Å²) < 4.78 is 5.41. The molecule has 0 amide bonds. The summed E-state index contributed by atoms with van der Waals surface area (Å²) in [5.74, 6) is 1.13. The van der Waals surface area contributed by atoms with Crippen molar-refractivity contribution < 1.29 is 4.42 Å². The predicted octanol–water partition coefficient (Wildman–Crippen LogP) is 2.44. The summed E-state index contributed by atoms with van der Waals surface area (Å²) in [5.41, 5.74) is 0. The molecule has 0 saturated carbocycles. The van der Waals surface area contributed by atoms with Crippen LogP contribution in [0.4, 0.5) is 0 Å². The van der Waals surface area contributed by atoms with Gasteiger partial charge in [-0.2, -0.15) is 0 Å². The first-order chi connectivity index (χ1) is 5.92. The van der Waals surface area contributed by atoms with E-state index in [0.29, 0.717) is 6.04 Å². The Hall–Kier alpha value is -0.760. The minimum Gasteiger partial charge on any atom is -0.468 e. The fourth-order valence-corrected chi connectivity index (χ4v) is 2.01. The highest BCUT2D eigenvalue weighted by molar-refractivity contribution is 5.06. The van der Waals surface area contributed by atoms with Crippen molar-refractivity contribution in [2.24, 2.45) is 0 Å². The Morgan fingerprint density at radius 3 is 3.25 bits per heavy atom. The maximum absolute atomic E-state index is 5.41. The van der Waals surface area contributed by atoms with Gasteiger partial charge in [0.05, 0.1) is 12.3 Å². The lowest BCUT2D eigenvalue weighted by Gasteiger charge is -2.20. The fourth-order valence-electron chi connectivity index (χ4n) is 2.01. The molecule has 1 saturated heterocycles. The molecule has 1 atom stereocenters. The van der Waals surface area contributed by atoms with Crippen LogP contribution >= 0.6 is 0 Å². The molecule has 1 aromatic heterocycles. The van der Waals surface area contributed by atoms with E-state index in [4.69, 9.17) is 4.42 Å². The lowest BCUT2D eigenvalue weighted by molar-refractivity contribution is 0.240. The van der Waals surface area contributed by atoms with E-state index in [1.54, 1.807) is 6.26 Å². The normalized spacial score (nSPS) is 24.9. The molecule has 1 aromatic rings. The molecular formula is C10H15NO. The fraction of sp³-hybridized carbons (Fsp3) is 0.600. The number of nitrogens with zero attached hydrogens (tertiary/aromatic N) is 1. The van der Waals surface area contributed by atoms with E-state index >= 15 is 0 Å². The topological polar surface area (TPSA) is 16.4 Å². The lowest BCUT2D eigenvalue weighted by atomic mass is 10.2. The maximum Gasteiger partial charge on any atom is 0.120 e. The summed E-state index contributed by atoms with van der Waals surface area (Å²) in [7, 11) is 0. The van der Waals surface area contributed by atoms with Crippen LogP contribution in [0.15, 0.2) is 22.8 Å². The summed E-state index contributed by atoms with van der Waals surface area (Å²) in [6.45, 7) is 4.56. The van der Waals surface area contributed by atoms with E-state index in [0.717, 1.165) is 12.3 Å². The van der Waals surface area contributed by atoms with Crippen LogP contribution in [0.25, 0.3) is 0 Å². The smallest absolute Gasteiger partial charge is 0.120 e. The zero-order chi connectivity index (χ0) is 8.39. The van der Waals surface area contributed by atoms with Gasteiger partial charge in [0.15, 0.2) is 0 Å². The van der Waals surface area contributed by atoms with E-state index in [2.05, 4.69) is 17.9 Å². The molecule has 0 spiro atoms. The highest BCUT2D eigenvalue weighted by Crippen LogP contribution is 2.31. The molecule has 2 heteroatoms. The second kappa shape index (κ2) is 3.31. The number of hydrogen-bond acceptors (Lipinski definition) is 2. The zero-order valence-electron chi connectivity index (χ0n) is 7.49. The SMILES string of the molecule is CCN1CCCC1c1ccco1. The van der Waals surface area contributed by atoms with Crippen molar-refractivity contribution in [2.75, 3.05) is 13.1 Å². The van der Waals surface area contributed by atoms with Gasteiger partial charge in [-0.25, -0.2) is 0 Å². The van der Waals surface area contributed by atoms with E-state index in [1.165, 1.54) is 19.4 Å². The van der Waals surface area contributed by atoms with Gasteiger partial charge in [0.2, 0.25) is 0 Å². The zero-order valence-corrected chi connectivity index (χ0v) is 7.49. The second-order valence-corrected chi connectivity index (χ2v) is 3.30. The van der Waals surface area contributed by atoms with Crippen LogP contribution in [0, 0.1) is 0 Å². The summed E-state index contributed by atoms with van der Waals surface area (Å²) >= 11 is 0. The number of likely N-dealkylation sites (tertiary alicyclic amines) is 1. The average molecular weight is 165 g/mol. The molecule has 2 heterocycles. The molecule has 0 aromatic carbocycles. The van der Waals surface area contributed by atoms with Crippen molar-refractivity contribution in [3.05, 3.63) is 24.2 Å². The van der Waals surface area contributed by atoms with Gasteiger partial charge in [-0.1, -0.05) is 6.92 Å². The summed E-state index contributed by atoms with van der Waals surface area (Å²) in [4.78, 5) is 2.47. The Labute approximate surface area is 73.2 Å². The average Bonchev–Trinajstić information content (AvgIpc) is 2.74. The lowest BCUT2D eigenvalue weighted by Crippen LogP contribution is -2.22. The molecule has 1 aliphatic heterocycles. The quantitative estimate of drug-likeness (QED) is 0.669. The highest BCUT2D eigenvalue weighted by atomic mass is 16.3. The maximum atomic E-state index is 5.41. The van der Waals surface area contributed by atoms with Crippen LogP contribution in [-0.4, -0.2) is 18.0 Å². The van der Waals surface area contributed by atoms with Gasteiger partial charge in [0.25, 0.3) is 0 Å². The minimum absolute atomic E-state index is 0.546. The third-order valence-electron chi connectivity index (χ3n) is 2.64. The van der Waals surface area contributed by atoms with Gasteiger partial charge < -0.3 is 4.42 Å². The van der Waals surface area contributed by atoms with Crippen molar-refractivity contribution in [3.63, 3.8) is 0 Å². The largest absolute Gasteiger partial charge is 0.468 e. The van der Waals surface area contributed by atoms with Crippen molar-refractivity contribution in [2.45, 2.75) is 25.8 Å². The first kappa shape index (κ1) is 7.87. The van der Waals surface area contributed by atoms with E-state index in [9.17, 15) is 0 Å². The third-order valence-corrected chi connectivity index (χ3v) is 2.64. The first-order valence-electron chi connectivity index (χ1n) is 4.69. The molecule has 0 N–H and O–H groups in total. The van der Waals surface area contributed by atoms with Crippen LogP contribution < -0.4 is 0 Å². The Balaban J connectivity index is 2.13. The molecule has 0 bridgehead atoms. The van der Waals surface area contributed by atoms with Crippen LogP contribution in [0.2, 0.25) is 0 Å². The molecule has 1 aliphatic rings. The first-order valence-corrected chi connectivity index (χ1v) is 4.69. The molecule has 66 valence electrons. The van der Waals surface area contributed by atoms with Gasteiger partial charge in [-0.15, -0.1) is 0 Å². The van der Waals surface area contributed by atoms with E-state index in [1.807, 2.05) is 6.07 Å². The molecule has 2 rings (SSSR count). The Kier molecular flexibility index (Phi) is 2.17. The van der Waals surface area contributed by atoms with Gasteiger partial charge in [0.1, 0.15) is 5.76 Å². The number of hydrogen-bond donors (Lipinski definition) is 0. The van der Waals surface area contributed by atoms with Crippen molar-refractivity contribution in [3.8, 4) is 0 Å². The Morgan fingerprint density at radius 1 is 1.67 bits per heavy atom. The van der Waals surface area contributed by atoms with Crippen LogP contribution in [0.3, 0.4) is 0 Å². The standard InChI is InChI=1S/C10H15NO/c1-2-11-7-3-5-9(11)10-6-4-8-12-10/h4,6,8-9H,2-3,5,7H2,1H3. The number of rotatable bonds is 2. The van der Waals surface area contributed by atoms with Gasteiger partial charge in [-0.05, 0) is 38.1 Å². The monoisotopic (exact) mass is 165 g/mol. The van der Waals surface area contributed by atoms with E-state index < -0.39 is 0 Å². The predicted molar refractivity (Wildman–Crippen MR) is 47.9 cm³/mol. The van der Waals surface area contributed by atoms with Crippen LogP contribution in [0.1, 0.15) is 31.6 Å². The van der Waals surface area contributed by atoms with Crippen molar-refractivity contribution in [1.82, 2.24) is 4.90 Å². The number of furan rings is 1. The Bertz CT molecular complexity index is 230. The summed E-state index contributed by atoms with van der Waals surface area (Å²) in [6.07, 6.45) is 4.32. The van der Waals surface area contributed by atoms with Gasteiger partial charge in [-0.3, -0.25) is 4.90 Å². The summed E-state index contributed by atoms with van der Waals surface area (Å²) in [6, 6.07) is 4.60. The van der Waals surface area contributed by atoms with E-state index in [-0.39, 0.29) is 0 Å². The van der Waals surface area contributed by atoms with Crippen LogP contribution in [-0.2, 0) is 0 Å². The molecule has 1 fully saturated rings. The Morgan fingerprint density at radius 2 is 2.58 bits per heavy atom. The minimum atomic E-state index is 0.546. The van der Waals surface area contributed by atoms with Gasteiger partial charge in [0, 0.05) is 0 Å². The van der Waals surface area contributed by atoms with Crippen LogP contribution in [0.5, 0.6) is 0 Å². The molecular weight excluding hydrogens is 150 g/mol. The second-order valence-electron chi connectivity index (χ2n) is 3.30. The van der Waals surface area contributed by atoms with Gasteiger partial charge >= 0.3 is 0 Å². The van der Waals surface area contributed by atoms with Crippen molar-refractivity contribution in [1.29, 1.82) is 0 Å². The molecule has 0 aliphatic carbocycles.